The lowest BCUT2D eigenvalue weighted by atomic mass is 10.1. The van der Waals surface area contributed by atoms with Gasteiger partial charge in [0.15, 0.2) is 9.84 Å². The highest BCUT2D eigenvalue weighted by Gasteiger charge is 2.25. The van der Waals surface area contributed by atoms with Gasteiger partial charge in [-0.05, 0) is 36.8 Å². The van der Waals surface area contributed by atoms with Crippen LogP contribution in [0.3, 0.4) is 0 Å². The Balaban J connectivity index is 1.83. The van der Waals surface area contributed by atoms with E-state index in [2.05, 4.69) is 15.0 Å². The first-order chi connectivity index (χ1) is 15.6. The number of aryl methyl sites for hydroxylation is 1. The molecule has 4 aromatic rings. The third kappa shape index (κ3) is 4.79. The number of nitrogens with zero attached hydrogens (tertiary/aromatic N) is 4. The average molecular weight is 482 g/mol. The molecule has 0 aliphatic rings. The summed E-state index contributed by atoms with van der Waals surface area (Å²) in [6.45, 7) is 1.80. The van der Waals surface area contributed by atoms with Crippen molar-refractivity contribution in [1.29, 1.82) is 0 Å². The lowest BCUT2D eigenvalue weighted by Gasteiger charge is -2.25. The van der Waals surface area contributed by atoms with Gasteiger partial charge in [0.05, 0.1) is 33.2 Å². The van der Waals surface area contributed by atoms with E-state index < -0.39 is 15.7 Å². The molecule has 0 bridgehead atoms. The molecule has 0 unspecified atom stereocenters. The molecule has 2 aromatic heterocycles. The molecule has 0 atom stereocenters. The molecule has 8 nitrogen and oxygen atoms in total. The quantitative estimate of drug-likeness (QED) is 0.460. The summed E-state index contributed by atoms with van der Waals surface area (Å²) in [6, 6.07) is 13.5. The first kappa shape index (κ1) is 22.6. The minimum absolute atomic E-state index is 0.0429. The van der Waals surface area contributed by atoms with Crippen LogP contribution >= 0.6 is 11.6 Å². The van der Waals surface area contributed by atoms with Gasteiger partial charge in [0, 0.05) is 24.0 Å². The van der Waals surface area contributed by atoms with Crippen molar-refractivity contribution in [1.82, 2.24) is 15.0 Å². The standard InChI is InChI=1S/C23H20ClN5O3S/c1-14-26-11-17(12-27-14)23(30)29(20-5-3-4-6-21(20)33(2,31)32)13-15-7-8-16-10-18(24)22(25)28-19(16)9-15/h3-12H,13H2,1-2H3,(H2,25,28). The highest BCUT2D eigenvalue weighted by atomic mass is 35.5. The Hall–Kier alpha value is -3.56. The van der Waals surface area contributed by atoms with Gasteiger partial charge in [-0.1, -0.05) is 35.9 Å². The minimum atomic E-state index is -3.61. The van der Waals surface area contributed by atoms with Crippen molar-refractivity contribution in [2.24, 2.45) is 0 Å². The van der Waals surface area contributed by atoms with Gasteiger partial charge in [-0.15, -0.1) is 0 Å². The topological polar surface area (TPSA) is 119 Å². The van der Waals surface area contributed by atoms with Crippen molar-refractivity contribution in [3.05, 3.63) is 82.9 Å². The number of carbonyl (C=O) groups is 1. The van der Waals surface area contributed by atoms with Crippen molar-refractivity contribution >= 4 is 49.8 Å². The van der Waals surface area contributed by atoms with E-state index in [-0.39, 0.29) is 28.5 Å². The van der Waals surface area contributed by atoms with E-state index in [0.29, 0.717) is 16.4 Å². The Bertz CT molecular complexity index is 1470. The fourth-order valence-electron chi connectivity index (χ4n) is 3.40. The van der Waals surface area contributed by atoms with E-state index >= 15 is 0 Å². The van der Waals surface area contributed by atoms with Crippen LogP contribution in [-0.4, -0.2) is 35.5 Å². The predicted molar refractivity (Wildman–Crippen MR) is 128 cm³/mol. The number of pyridine rings is 1. The van der Waals surface area contributed by atoms with Crippen LogP contribution in [0.4, 0.5) is 11.5 Å². The second-order valence-electron chi connectivity index (χ2n) is 7.53. The van der Waals surface area contributed by atoms with E-state index in [1.807, 2.05) is 12.1 Å². The number of fused-ring (bicyclic) bond motifs is 1. The summed E-state index contributed by atoms with van der Waals surface area (Å²) in [4.78, 5) is 27.4. The molecule has 0 saturated heterocycles. The number of sulfone groups is 1. The summed E-state index contributed by atoms with van der Waals surface area (Å²) in [6.07, 6.45) is 3.95. The van der Waals surface area contributed by atoms with Crippen molar-refractivity contribution in [3.63, 3.8) is 0 Å². The van der Waals surface area contributed by atoms with E-state index in [9.17, 15) is 13.2 Å². The summed E-state index contributed by atoms with van der Waals surface area (Å²) >= 11 is 6.06. The summed E-state index contributed by atoms with van der Waals surface area (Å²) in [7, 11) is -3.61. The molecule has 0 radical (unpaired) electrons. The lowest BCUT2D eigenvalue weighted by molar-refractivity contribution is 0.0984. The van der Waals surface area contributed by atoms with Crippen LogP contribution in [0.2, 0.25) is 5.02 Å². The monoisotopic (exact) mass is 481 g/mol. The number of amides is 1. The first-order valence-electron chi connectivity index (χ1n) is 9.88. The molecule has 2 N–H and O–H groups in total. The van der Waals surface area contributed by atoms with Gasteiger partial charge < -0.3 is 10.6 Å². The molecule has 2 heterocycles. The maximum atomic E-state index is 13.5. The number of nitrogens with two attached hydrogens (primary N) is 1. The number of aromatic nitrogens is 3. The summed E-state index contributed by atoms with van der Waals surface area (Å²) in [5.74, 6) is 0.287. The zero-order valence-corrected chi connectivity index (χ0v) is 19.4. The lowest BCUT2D eigenvalue weighted by Crippen LogP contribution is -2.32. The Morgan fingerprint density at radius 2 is 1.79 bits per heavy atom. The molecule has 0 saturated carbocycles. The van der Waals surface area contributed by atoms with E-state index in [4.69, 9.17) is 17.3 Å². The van der Waals surface area contributed by atoms with Crippen LogP contribution in [0, 0.1) is 6.92 Å². The second kappa shape index (κ2) is 8.76. The number of hydrogen-bond donors (Lipinski definition) is 1. The number of para-hydroxylation sites is 1. The molecule has 168 valence electrons. The second-order valence-corrected chi connectivity index (χ2v) is 9.92. The zero-order valence-electron chi connectivity index (χ0n) is 17.9. The van der Waals surface area contributed by atoms with Gasteiger partial charge in [0.1, 0.15) is 11.6 Å². The summed E-state index contributed by atoms with van der Waals surface area (Å²) < 4.78 is 24.9. The van der Waals surface area contributed by atoms with Gasteiger partial charge in [-0.3, -0.25) is 4.79 Å². The smallest absolute Gasteiger partial charge is 0.261 e. The molecule has 0 aliphatic carbocycles. The maximum absolute atomic E-state index is 13.5. The molecule has 10 heteroatoms. The third-order valence-electron chi connectivity index (χ3n) is 5.03. The Morgan fingerprint density at radius 3 is 2.48 bits per heavy atom. The molecule has 0 spiro atoms. The summed E-state index contributed by atoms with van der Waals surface area (Å²) in [5.41, 5.74) is 7.67. The molecule has 1 amide bonds. The van der Waals surface area contributed by atoms with Gasteiger partial charge in [-0.2, -0.15) is 0 Å². The number of anilines is 2. The fourth-order valence-corrected chi connectivity index (χ4v) is 4.45. The van der Waals surface area contributed by atoms with E-state index in [1.165, 1.54) is 23.4 Å². The van der Waals surface area contributed by atoms with Crippen LogP contribution in [-0.2, 0) is 16.4 Å². The molecule has 2 aromatic carbocycles. The van der Waals surface area contributed by atoms with Crippen molar-refractivity contribution < 1.29 is 13.2 Å². The SMILES string of the molecule is Cc1ncc(C(=O)N(Cc2ccc3cc(Cl)c(N)nc3c2)c2ccccc2S(C)(=O)=O)cn1. The normalized spacial score (nSPS) is 11.5. The molecule has 0 fully saturated rings. The maximum Gasteiger partial charge on any atom is 0.261 e. The van der Waals surface area contributed by atoms with Gasteiger partial charge in [0.2, 0.25) is 0 Å². The Morgan fingerprint density at radius 1 is 1.09 bits per heavy atom. The van der Waals surface area contributed by atoms with Gasteiger partial charge in [0.25, 0.3) is 5.91 Å². The number of carbonyl (C=O) groups excluding carboxylic acids is 1. The largest absolute Gasteiger partial charge is 0.382 e. The Labute approximate surface area is 196 Å². The van der Waals surface area contributed by atoms with Crippen LogP contribution in [0.5, 0.6) is 0 Å². The van der Waals surface area contributed by atoms with E-state index in [1.54, 1.807) is 37.3 Å². The minimum Gasteiger partial charge on any atom is -0.382 e. The van der Waals surface area contributed by atoms with Crippen LogP contribution in [0.25, 0.3) is 10.9 Å². The number of benzene rings is 2. The van der Waals surface area contributed by atoms with E-state index in [0.717, 1.165) is 17.2 Å². The molecular formula is C23H20ClN5O3S. The number of rotatable bonds is 5. The van der Waals surface area contributed by atoms with Crippen LogP contribution < -0.4 is 10.6 Å². The molecular weight excluding hydrogens is 462 g/mol. The molecule has 33 heavy (non-hydrogen) atoms. The zero-order chi connectivity index (χ0) is 23.8. The molecule has 4 rings (SSSR count). The van der Waals surface area contributed by atoms with Crippen molar-refractivity contribution in [2.75, 3.05) is 16.9 Å². The van der Waals surface area contributed by atoms with Crippen molar-refractivity contribution in [3.8, 4) is 0 Å². The highest BCUT2D eigenvalue weighted by Crippen LogP contribution is 2.29. The third-order valence-corrected chi connectivity index (χ3v) is 6.48. The molecule has 0 aliphatic heterocycles. The predicted octanol–water partition coefficient (Wildman–Crippen LogP) is 3.82. The summed E-state index contributed by atoms with van der Waals surface area (Å²) in [5, 5.41) is 1.15. The Kier molecular flexibility index (Phi) is 6.01. The first-order valence-corrected chi connectivity index (χ1v) is 12.1. The van der Waals surface area contributed by atoms with Gasteiger partial charge in [-0.25, -0.2) is 23.4 Å². The van der Waals surface area contributed by atoms with Crippen molar-refractivity contribution in [2.45, 2.75) is 18.4 Å². The average Bonchev–Trinajstić information content (AvgIpc) is 2.78. The van der Waals surface area contributed by atoms with Crippen LogP contribution in [0.15, 0.2) is 65.8 Å². The fraction of sp³-hybridized carbons (Fsp3) is 0.130. The number of hydrogen-bond acceptors (Lipinski definition) is 7. The number of halogens is 1. The van der Waals surface area contributed by atoms with Crippen LogP contribution in [0.1, 0.15) is 21.7 Å². The van der Waals surface area contributed by atoms with Gasteiger partial charge >= 0.3 is 0 Å². The number of nitrogen functional groups attached to an aromatic ring is 1. The highest BCUT2D eigenvalue weighted by molar-refractivity contribution is 7.90.